The van der Waals surface area contributed by atoms with Crippen molar-refractivity contribution in [1.82, 2.24) is 19.7 Å². The standard InChI is InChI=1S/C22H37N5O3S/c1-16(2)12-27(13-18-6-5-11-30-18)20(28)14-25-7-9-26(10-8-25)21(29)19-15-31-22(24-19)23-17(3)4/h15-18H,5-14H2,1-4H3,(H,23,24). The monoisotopic (exact) mass is 451 g/mol. The van der Waals surface area contributed by atoms with Crippen molar-refractivity contribution in [3.05, 3.63) is 11.1 Å². The minimum atomic E-state index is -0.0288. The summed E-state index contributed by atoms with van der Waals surface area (Å²) in [7, 11) is 0. The number of thiazole rings is 1. The molecule has 2 aliphatic rings. The average molecular weight is 452 g/mol. The summed E-state index contributed by atoms with van der Waals surface area (Å²) in [5, 5.41) is 5.83. The lowest BCUT2D eigenvalue weighted by atomic mass is 10.1. The number of anilines is 1. The second-order valence-corrected chi connectivity index (χ2v) is 10.1. The van der Waals surface area contributed by atoms with E-state index in [4.69, 9.17) is 4.74 Å². The Bertz CT molecular complexity index is 724. The summed E-state index contributed by atoms with van der Waals surface area (Å²) in [5.41, 5.74) is 0.498. The summed E-state index contributed by atoms with van der Waals surface area (Å²) in [6.07, 6.45) is 2.29. The van der Waals surface area contributed by atoms with Crippen molar-refractivity contribution < 1.29 is 14.3 Å². The zero-order chi connectivity index (χ0) is 22.4. The summed E-state index contributed by atoms with van der Waals surface area (Å²) < 4.78 is 5.75. The first kappa shape index (κ1) is 23.9. The van der Waals surface area contributed by atoms with Gasteiger partial charge in [-0.1, -0.05) is 13.8 Å². The maximum absolute atomic E-state index is 13.0. The number of hydrogen-bond acceptors (Lipinski definition) is 7. The molecule has 0 spiro atoms. The molecule has 9 heteroatoms. The molecule has 1 atom stereocenters. The Labute approximate surface area is 189 Å². The molecule has 2 amide bonds. The molecule has 3 rings (SSSR count). The van der Waals surface area contributed by atoms with E-state index in [1.807, 2.05) is 29.0 Å². The van der Waals surface area contributed by atoms with Crippen LogP contribution in [-0.2, 0) is 9.53 Å². The van der Waals surface area contributed by atoms with Crippen LogP contribution in [0.3, 0.4) is 0 Å². The molecule has 0 aromatic carbocycles. The lowest BCUT2D eigenvalue weighted by Gasteiger charge is -2.35. The summed E-state index contributed by atoms with van der Waals surface area (Å²) >= 11 is 1.46. The van der Waals surface area contributed by atoms with Crippen LogP contribution in [0, 0.1) is 5.92 Å². The van der Waals surface area contributed by atoms with Gasteiger partial charge in [-0.15, -0.1) is 11.3 Å². The van der Waals surface area contributed by atoms with Gasteiger partial charge in [0.25, 0.3) is 5.91 Å². The van der Waals surface area contributed by atoms with Gasteiger partial charge in [0.05, 0.1) is 12.6 Å². The first-order chi connectivity index (χ1) is 14.8. The Morgan fingerprint density at radius 2 is 2.00 bits per heavy atom. The van der Waals surface area contributed by atoms with Gasteiger partial charge in [-0.2, -0.15) is 0 Å². The van der Waals surface area contributed by atoms with Crippen molar-refractivity contribution in [3.63, 3.8) is 0 Å². The number of nitrogens with one attached hydrogen (secondary N) is 1. The Kier molecular flexibility index (Phi) is 8.68. The molecule has 2 fully saturated rings. The first-order valence-electron chi connectivity index (χ1n) is 11.4. The van der Waals surface area contributed by atoms with Gasteiger partial charge in [0.1, 0.15) is 5.69 Å². The van der Waals surface area contributed by atoms with Gasteiger partial charge in [0, 0.05) is 57.3 Å². The molecule has 1 unspecified atom stereocenters. The minimum Gasteiger partial charge on any atom is -0.376 e. The zero-order valence-corrected chi connectivity index (χ0v) is 20.1. The Morgan fingerprint density at radius 1 is 1.26 bits per heavy atom. The van der Waals surface area contributed by atoms with E-state index in [0.717, 1.165) is 31.1 Å². The number of ether oxygens (including phenoxy) is 1. The maximum atomic E-state index is 13.0. The van der Waals surface area contributed by atoms with Crippen LogP contribution in [0.25, 0.3) is 0 Å². The van der Waals surface area contributed by atoms with E-state index < -0.39 is 0 Å². The molecule has 1 aromatic rings. The predicted octanol–water partition coefficient (Wildman–Crippen LogP) is 2.38. The molecule has 2 aliphatic heterocycles. The highest BCUT2D eigenvalue weighted by molar-refractivity contribution is 7.13. The molecule has 0 radical (unpaired) electrons. The van der Waals surface area contributed by atoms with Crippen molar-refractivity contribution in [2.45, 2.75) is 52.7 Å². The maximum Gasteiger partial charge on any atom is 0.273 e. The van der Waals surface area contributed by atoms with Gasteiger partial charge in [0.15, 0.2) is 5.13 Å². The van der Waals surface area contributed by atoms with Crippen LogP contribution in [0.5, 0.6) is 0 Å². The van der Waals surface area contributed by atoms with Gasteiger partial charge in [0.2, 0.25) is 5.91 Å². The number of aromatic nitrogens is 1. The number of piperazine rings is 1. The largest absolute Gasteiger partial charge is 0.376 e. The van der Waals surface area contributed by atoms with E-state index in [2.05, 4.69) is 29.0 Å². The van der Waals surface area contributed by atoms with E-state index >= 15 is 0 Å². The van der Waals surface area contributed by atoms with Gasteiger partial charge in [-0.25, -0.2) is 4.98 Å². The van der Waals surface area contributed by atoms with Crippen LogP contribution in [0.15, 0.2) is 5.38 Å². The summed E-state index contributed by atoms with van der Waals surface area (Å²) in [6.45, 7) is 13.7. The molecule has 31 heavy (non-hydrogen) atoms. The number of hydrogen-bond donors (Lipinski definition) is 1. The molecule has 3 heterocycles. The molecular formula is C22H37N5O3S. The summed E-state index contributed by atoms with van der Waals surface area (Å²) in [6, 6.07) is 0.283. The zero-order valence-electron chi connectivity index (χ0n) is 19.3. The molecule has 0 bridgehead atoms. The molecule has 8 nitrogen and oxygen atoms in total. The number of rotatable bonds is 9. The Hall–Kier alpha value is -1.71. The van der Waals surface area contributed by atoms with Gasteiger partial charge >= 0.3 is 0 Å². The van der Waals surface area contributed by atoms with E-state index in [1.54, 1.807) is 0 Å². The molecule has 1 aromatic heterocycles. The molecule has 1 N–H and O–H groups in total. The third-order valence-electron chi connectivity index (χ3n) is 5.54. The number of amides is 2. The molecular weight excluding hydrogens is 414 g/mol. The molecule has 0 aliphatic carbocycles. The van der Waals surface area contributed by atoms with Crippen molar-refractivity contribution in [2.24, 2.45) is 5.92 Å². The van der Waals surface area contributed by atoms with E-state index in [-0.39, 0.29) is 24.0 Å². The first-order valence-corrected chi connectivity index (χ1v) is 12.3. The van der Waals surface area contributed by atoms with E-state index in [0.29, 0.717) is 50.9 Å². The van der Waals surface area contributed by atoms with Gasteiger partial charge < -0.3 is 19.9 Å². The summed E-state index contributed by atoms with van der Waals surface area (Å²) in [5.74, 6) is 0.555. The fourth-order valence-corrected chi connectivity index (χ4v) is 4.83. The quantitative estimate of drug-likeness (QED) is 0.621. The second-order valence-electron chi connectivity index (χ2n) is 9.23. The lowest BCUT2D eigenvalue weighted by Crippen LogP contribution is -2.52. The fraction of sp³-hybridized carbons (Fsp3) is 0.773. The van der Waals surface area contributed by atoms with E-state index in [1.165, 1.54) is 11.3 Å². The fourth-order valence-electron chi connectivity index (χ4n) is 4.00. The van der Waals surface area contributed by atoms with Crippen LogP contribution in [0.2, 0.25) is 0 Å². The van der Waals surface area contributed by atoms with Crippen LogP contribution in [0.4, 0.5) is 5.13 Å². The third-order valence-corrected chi connectivity index (χ3v) is 6.31. The van der Waals surface area contributed by atoms with Crippen LogP contribution < -0.4 is 5.32 Å². The number of nitrogens with zero attached hydrogens (tertiary/aromatic N) is 4. The van der Waals surface area contributed by atoms with Crippen molar-refractivity contribution in [1.29, 1.82) is 0 Å². The van der Waals surface area contributed by atoms with Crippen LogP contribution in [0.1, 0.15) is 51.0 Å². The Balaban J connectivity index is 1.48. The molecule has 174 valence electrons. The third kappa shape index (κ3) is 7.15. The van der Waals surface area contributed by atoms with Crippen molar-refractivity contribution in [3.8, 4) is 0 Å². The highest BCUT2D eigenvalue weighted by atomic mass is 32.1. The van der Waals surface area contributed by atoms with Gasteiger partial charge in [-0.05, 0) is 32.6 Å². The second kappa shape index (κ2) is 11.2. The van der Waals surface area contributed by atoms with Crippen molar-refractivity contribution >= 4 is 28.3 Å². The topological polar surface area (TPSA) is 78.0 Å². The lowest BCUT2D eigenvalue weighted by molar-refractivity contribution is -0.134. The highest BCUT2D eigenvalue weighted by Crippen LogP contribution is 2.19. The van der Waals surface area contributed by atoms with Crippen molar-refractivity contribution in [2.75, 3.05) is 57.7 Å². The van der Waals surface area contributed by atoms with Crippen LogP contribution >= 0.6 is 11.3 Å². The molecule has 2 saturated heterocycles. The van der Waals surface area contributed by atoms with Crippen LogP contribution in [-0.4, -0.2) is 96.1 Å². The van der Waals surface area contributed by atoms with Gasteiger partial charge in [-0.3, -0.25) is 14.5 Å². The highest BCUT2D eigenvalue weighted by Gasteiger charge is 2.28. The Morgan fingerprint density at radius 3 is 2.61 bits per heavy atom. The number of carbonyl (C=O) groups is 2. The average Bonchev–Trinajstić information content (AvgIpc) is 3.39. The normalized spacial score (nSPS) is 19.9. The SMILES string of the molecule is CC(C)CN(CC1CCCO1)C(=O)CN1CCN(C(=O)c2csc(NC(C)C)n2)CC1. The summed E-state index contributed by atoms with van der Waals surface area (Å²) in [4.78, 5) is 36.2. The predicted molar refractivity (Wildman–Crippen MR) is 124 cm³/mol. The smallest absolute Gasteiger partial charge is 0.273 e. The molecule has 0 saturated carbocycles. The number of carbonyl (C=O) groups excluding carboxylic acids is 2. The van der Waals surface area contributed by atoms with E-state index in [9.17, 15) is 9.59 Å². The minimum absolute atomic E-state index is 0.0288.